The molecule has 1 N–H and O–H groups in total. The zero-order chi connectivity index (χ0) is 16.8. The third kappa shape index (κ3) is 4.52. The van der Waals surface area contributed by atoms with Crippen molar-refractivity contribution in [2.24, 2.45) is 4.99 Å². The number of hydrogen-bond donors (Lipinski definition) is 1. The van der Waals surface area contributed by atoms with Gasteiger partial charge in [0.2, 0.25) is 5.91 Å². The van der Waals surface area contributed by atoms with Gasteiger partial charge >= 0.3 is 0 Å². The first-order valence-corrected chi connectivity index (χ1v) is 9.06. The number of carbonyl (C=O) groups is 1. The number of carbonyl (C=O) groups excluding carboxylic acids is 1. The van der Waals surface area contributed by atoms with E-state index in [9.17, 15) is 4.79 Å². The highest BCUT2D eigenvalue weighted by Gasteiger charge is 2.24. The monoisotopic (exact) mass is 332 g/mol. The fraction of sp³-hybridized carbons (Fsp3) is 0.667. The highest BCUT2D eigenvalue weighted by molar-refractivity contribution is 5.81. The van der Waals surface area contributed by atoms with Crippen LogP contribution in [0.2, 0.25) is 0 Å². The lowest BCUT2D eigenvalue weighted by molar-refractivity contribution is -0.130. The van der Waals surface area contributed by atoms with Crippen LogP contribution in [-0.2, 0) is 11.2 Å². The van der Waals surface area contributed by atoms with Crippen molar-refractivity contribution in [3.05, 3.63) is 24.2 Å². The Morgan fingerprint density at radius 3 is 2.58 bits per heavy atom. The van der Waals surface area contributed by atoms with E-state index in [4.69, 9.17) is 9.41 Å². The molecule has 1 aromatic rings. The number of guanidine groups is 1. The van der Waals surface area contributed by atoms with Crippen molar-refractivity contribution < 1.29 is 9.21 Å². The van der Waals surface area contributed by atoms with Gasteiger partial charge in [0.05, 0.1) is 6.26 Å². The molecule has 6 heteroatoms. The Labute approximate surface area is 143 Å². The van der Waals surface area contributed by atoms with Crippen LogP contribution in [-0.4, -0.2) is 60.4 Å². The summed E-state index contributed by atoms with van der Waals surface area (Å²) < 4.78 is 5.39. The van der Waals surface area contributed by atoms with Gasteiger partial charge in [0.1, 0.15) is 5.76 Å². The van der Waals surface area contributed by atoms with Gasteiger partial charge in [-0.15, -0.1) is 0 Å². The van der Waals surface area contributed by atoms with Gasteiger partial charge in [0.15, 0.2) is 5.96 Å². The average molecular weight is 332 g/mol. The molecular formula is C18H28N4O2. The molecule has 1 aliphatic carbocycles. The first-order valence-electron chi connectivity index (χ1n) is 9.06. The third-order valence-corrected chi connectivity index (χ3v) is 4.91. The summed E-state index contributed by atoms with van der Waals surface area (Å²) in [4.78, 5) is 20.5. The molecule has 1 saturated heterocycles. The zero-order valence-corrected chi connectivity index (χ0v) is 14.5. The number of piperazine rings is 1. The van der Waals surface area contributed by atoms with Crippen LogP contribution < -0.4 is 5.32 Å². The molecule has 0 aromatic carbocycles. The molecule has 132 valence electrons. The maximum Gasteiger partial charge on any atom is 0.219 e. The standard InChI is InChI=1S/C18H28N4O2/c1-15(23)21-10-12-22(13-11-21)18(20-16-5-2-3-6-16)19-9-8-17-7-4-14-24-17/h4,7,14,16H,2-3,5-6,8-13H2,1H3,(H,19,20). The molecule has 3 rings (SSSR count). The summed E-state index contributed by atoms with van der Waals surface area (Å²) in [6.45, 7) is 5.61. The Hall–Kier alpha value is -1.98. The summed E-state index contributed by atoms with van der Waals surface area (Å²) >= 11 is 0. The number of nitrogens with one attached hydrogen (secondary N) is 1. The van der Waals surface area contributed by atoms with Crippen molar-refractivity contribution in [1.29, 1.82) is 0 Å². The SMILES string of the molecule is CC(=O)N1CCN(C(=NCCc2ccco2)NC2CCCC2)CC1. The van der Waals surface area contributed by atoms with E-state index in [0.29, 0.717) is 6.04 Å². The van der Waals surface area contributed by atoms with Crippen LogP contribution >= 0.6 is 0 Å². The van der Waals surface area contributed by atoms with E-state index in [0.717, 1.165) is 50.9 Å². The van der Waals surface area contributed by atoms with Crippen LogP contribution in [0.5, 0.6) is 0 Å². The fourth-order valence-electron chi connectivity index (χ4n) is 3.45. The summed E-state index contributed by atoms with van der Waals surface area (Å²) in [5.74, 6) is 2.13. The second-order valence-corrected chi connectivity index (χ2v) is 6.65. The Balaban J connectivity index is 1.59. The highest BCUT2D eigenvalue weighted by atomic mass is 16.3. The Morgan fingerprint density at radius 2 is 1.96 bits per heavy atom. The van der Waals surface area contributed by atoms with Gasteiger partial charge in [-0.2, -0.15) is 0 Å². The van der Waals surface area contributed by atoms with Crippen molar-refractivity contribution in [3.8, 4) is 0 Å². The Bertz CT molecular complexity index is 541. The lowest BCUT2D eigenvalue weighted by Crippen LogP contribution is -2.54. The van der Waals surface area contributed by atoms with Crippen molar-refractivity contribution in [3.63, 3.8) is 0 Å². The first-order chi connectivity index (χ1) is 11.7. The second kappa shape index (κ2) is 8.22. The van der Waals surface area contributed by atoms with Gasteiger partial charge in [-0.25, -0.2) is 0 Å². The molecule has 2 aliphatic rings. The van der Waals surface area contributed by atoms with E-state index in [1.54, 1.807) is 13.2 Å². The molecule has 6 nitrogen and oxygen atoms in total. The van der Waals surface area contributed by atoms with Gasteiger partial charge in [0.25, 0.3) is 0 Å². The minimum atomic E-state index is 0.162. The van der Waals surface area contributed by atoms with Gasteiger partial charge in [-0.3, -0.25) is 9.79 Å². The summed E-state index contributed by atoms with van der Waals surface area (Å²) in [5, 5.41) is 3.65. The minimum absolute atomic E-state index is 0.162. The van der Waals surface area contributed by atoms with Crippen LogP contribution in [0, 0.1) is 0 Å². The Morgan fingerprint density at radius 1 is 1.25 bits per heavy atom. The molecule has 1 amide bonds. The van der Waals surface area contributed by atoms with Gasteiger partial charge in [-0.05, 0) is 25.0 Å². The molecule has 0 spiro atoms. The first kappa shape index (κ1) is 16.9. The molecule has 1 aromatic heterocycles. The van der Waals surface area contributed by atoms with Crippen LogP contribution in [0.1, 0.15) is 38.4 Å². The number of rotatable bonds is 4. The van der Waals surface area contributed by atoms with E-state index < -0.39 is 0 Å². The number of hydrogen-bond acceptors (Lipinski definition) is 3. The quantitative estimate of drug-likeness (QED) is 0.675. The minimum Gasteiger partial charge on any atom is -0.469 e. The van der Waals surface area contributed by atoms with Gasteiger partial charge in [0, 0.05) is 52.1 Å². The molecule has 2 fully saturated rings. The zero-order valence-electron chi connectivity index (χ0n) is 14.5. The van der Waals surface area contributed by atoms with Gasteiger partial charge < -0.3 is 19.5 Å². The van der Waals surface area contributed by atoms with Crippen LogP contribution in [0.25, 0.3) is 0 Å². The van der Waals surface area contributed by atoms with Crippen molar-refractivity contribution >= 4 is 11.9 Å². The number of furan rings is 1. The summed E-state index contributed by atoms with van der Waals surface area (Å²) in [6, 6.07) is 4.45. The van der Waals surface area contributed by atoms with E-state index in [1.807, 2.05) is 17.0 Å². The van der Waals surface area contributed by atoms with E-state index in [2.05, 4.69) is 10.2 Å². The molecule has 2 heterocycles. The number of nitrogens with zero attached hydrogens (tertiary/aromatic N) is 3. The predicted molar refractivity (Wildman–Crippen MR) is 93.9 cm³/mol. The molecule has 0 radical (unpaired) electrons. The summed E-state index contributed by atoms with van der Waals surface area (Å²) in [5.41, 5.74) is 0. The lowest BCUT2D eigenvalue weighted by Gasteiger charge is -2.37. The molecule has 24 heavy (non-hydrogen) atoms. The van der Waals surface area contributed by atoms with Crippen molar-refractivity contribution in [1.82, 2.24) is 15.1 Å². The molecular weight excluding hydrogens is 304 g/mol. The molecule has 0 bridgehead atoms. The third-order valence-electron chi connectivity index (χ3n) is 4.91. The smallest absolute Gasteiger partial charge is 0.219 e. The molecule has 0 unspecified atom stereocenters. The second-order valence-electron chi connectivity index (χ2n) is 6.65. The number of aliphatic imine (C=N–C) groups is 1. The van der Waals surface area contributed by atoms with E-state index in [-0.39, 0.29) is 5.91 Å². The van der Waals surface area contributed by atoms with Crippen LogP contribution in [0.4, 0.5) is 0 Å². The van der Waals surface area contributed by atoms with Crippen LogP contribution in [0.3, 0.4) is 0 Å². The normalized spacial score (nSPS) is 19.8. The van der Waals surface area contributed by atoms with E-state index >= 15 is 0 Å². The van der Waals surface area contributed by atoms with Crippen molar-refractivity contribution in [2.45, 2.75) is 45.1 Å². The average Bonchev–Trinajstić information content (AvgIpc) is 3.28. The lowest BCUT2D eigenvalue weighted by atomic mass is 10.2. The topological polar surface area (TPSA) is 61.1 Å². The van der Waals surface area contributed by atoms with Crippen LogP contribution in [0.15, 0.2) is 27.8 Å². The fourth-order valence-corrected chi connectivity index (χ4v) is 3.45. The summed E-state index contributed by atoms with van der Waals surface area (Å²) in [7, 11) is 0. The van der Waals surface area contributed by atoms with Gasteiger partial charge in [-0.1, -0.05) is 12.8 Å². The molecule has 1 saturated carbocycles. The highest BCUT2D eigenvalue weighted by Crippen LogP contribution is 2.18. The maximum absolute atomic E-state index is 11.5. The van der Waals surface area contributed by atoms with E-state index in [1.165, 1.54) is 25.7 Å². The summed E-state index contributed by atoms with van der Waals surface area (Å²) in [6.07, 6.45) is 7.58. The Kier molecular flexibility index (Phi) is 5.77. The number of amides is 1. The maximum atomic E-state index is 11.5. The molecule has 0 atom stereocenters. The molecule has 1 aliphatic heterocycles. The van der Waals surface area contributed by atoms with Crippen molar-refractivity contribution in [2.75, 3.05) is 32.7 Å². The largest absolute Gasteiger partial charge is 0.469 e. The predicted octanol–water partition coefficient (Wildman–Crippen LogP) is 1.87.